The molecule has 2 atom stereocenters. The van der Waals surface area contributed by atoms with Gasteiger partial charge in [-0.1, -0.05) is 12.7 Å². The maximum atomic E-state index is 12.7. The minimum Gasteiger partial charge on any atom is -0.469 e. The largest absolute Gasteiger partial charge is 0.469 e. The van der Waals surface area contributed by atoms with Crippen LogP contribution in [0, 0.1) is 0 Å². The van der Waals surface area contributed by atoms with Gasteiger partial charge in [0.2, 0.25) is 0 Å². The van der Waals surface area contributed by atoms with E-state index in [-0.39, 0.29) is 12.1 Å². The van der Waals surface area contributed by atoms with Crippen LogP contribution in [0.25, 0.3) is 0 Å². The molecule has 0 aliphatic carbocycles. The van der Waals surface area contributed by atoms with Gasteiger partial charge in [0.25, 0.3) is 5.91 Å². The smallest absolute Gasteiger partial charge is 0.255 e. The SMILES string of the molecule is C=C(C)C(O)C1=C(C)NC(N2COc3cc(C(=O)N4CCCCC4)cnc32)C=C1. The maximum absolute atomic E-state index is 12.7. The number of rotatable bonds is 4. The summed E-state index contributed by atoms with van der Waals surface area (Å²) in [6.07, 6.45) is 8.00. The summed E-state index contributed by atoms with van der Waals surface area (Å²) in [5.74, 6) is 1.35. The quantitative estimate of drug-likeness (QED) is 0.762. The van der Waals surface area contributed by atoms with E-state index in [0.717, 1.165) is 37.2 Å². The molecule has 4 rings (SSSR count). The highest BCUT2D eigenvalue weighted by Gasteiger charge is 2.31. The number of aliphatic hydroxyl groups is 1. The fourth-order valence-electron chi connectivity index (χ4n) is 3.98. The van der Waals surface area contributed by atoms with Gasteiger partial charge in [-0.25, -0.2) is 4.98 Å². The minimum atomic E-state index is -0.691. The van der Waals surface area contributed by atoms with Crippen LogP contribution in [-0.2, 0) is 0 Å². The van der Waals surface area contributed by atoms with Crippen LogP contribution in [-0.4, -0.2) is 53.0 Å². The number of hydrogen-bond donors (Lipinski definition) is 2. The standard InChI is InChI=1S/C22H28N4O3/c1-14(2)20(27)17-7-8-19(24-15(17)3)26-13-29-18-11-16(12-23-21(18)26)22(28)25-9-5-4-6-10-25/h7-8,11-12,19-20,24,27H,1,4-6,9-10,13H2,2-3H3. The normalized spacial score (nSPS) is 22.1. The number of hydrogen-bond acceptors (Lipinski definition) is 6. The van der Waals surface area contributed by atoms with E-state index in [2.05, 4.69) is 16.9 Å². The number of carbonyl (C=O) groups is 1. The highest BCUT2D eigenvalue weighted by molar-refractivity contribution is 5.95. The summed E-state index contributed by atoms with van der Waals surface area (Å²) in [5.41, 5.74) is 2.97. The van der Waals surface area contributed by atoms with Crippen molar-refractivity contribution < 1.29 is 14.6 Å². The molecule has 0 radical (unpaired) electrons. The van der Waals surface area contributed by atoms with E-state index in [9.17, 15) is 9.90 Å². The summed E-state index contributed by atoms with van der Waals surface area (Å²) >= 11 is 0. The molecule has 154 valence electrons. The number of aliphatic hydroxyl groups excluding tert-OH is 1. The molecule has 29 heavy (non-hydrogen) atoms. The second kappa shape index (κ2) is 7.91. The Labute approximate surface area is 171 Å². The lowest BCUT2D eigenvalue weighted by Crippen LogP contribution is -2.45. The molecular weight excluding hydrogens is 368 g/mol. The number of nitrogens with one attached hydrogen (secondary N) is 1. The van der Waals surface area contributed by atoms with E-state index >= 15 is 0 Å². The van der Waals surface area contributed by atoms with E-state index in [4.69, 9.17) is 4.74 Å². The predicted octanol–water partition coefficient (Wildman–Crippen LogP) is 2.56. The summed E-state index contributed by atoms with van der Waals surface area (Å²) in [6.45, 7) is 9.53. The van der Waals surface area contributed by atoms with E-state index in [0.29, 0.717) is 29.4 Å². The van der Waals surface area contributed by atoms with Crippen molar-refractivity contribution in [1.29, 1.82) is 0 Å². The van der Waals surface area contributed by atoms with E-state index in [1.165, 1.54) is 6.42 Å². The third-order valence-corrected chi connectivity index (χ3v) is 5.71. The Morgan fingerprint density at radius 1 is 1.38 bits per heavy atom. The van der Waals surface area contributed by atoms with E-state index in [1.807, 2.05) is 35.8 Å². The highest BCUT2D eigenvalue weighted by atomic mass is 16.5. The molecule has 3 aliphatic heterocycles. The van der Waals surface area contributed by atoms with Crippen molar-refractivity contribution in [3.05, 3.63) is 53.4 Å². The lowest BCUT2D eigenvalue weighted by atomic mass is 9.99. The van der Waals surface area contributed by atoms with Crippen molar-refractivity contribution in [3.63, 3.8) is 0 Å². The Balaban J connectivity index is 1.49. The first-order valence-electron chi connectivity index (χ1n) is 10.1. The topological polar surface area (TPSA) is 77.9 Å². The van der Waals surface area contributed by atoms with Crippen LogP contribution < -0.4 is 15.0 Å². The van der Waals surface area contributed by atoms with Crippen LogP contribution in [0.3, 0.4) is 0 Å². The fraction of sp³-hybridized carbons (Fsp3) is 0.455. The van der Waals surface area contributed by atoms with Gasteiger partial charge in [-0.15, -0.1) is 0 Å². The van der Waals surface area contributed by atoms with Gasteiger partial charge in [-0.2, -0.15) is 0 Å². The molecule has 7 nitrogen and oxygen atoms in total. The van der Waals surface area contributed by atoms with Crippen molar-refractivity contribution >= 4 is 11.7 Å². The molecule has 4 heterocycles. The summed E-state index contributed by atoms with van der Waals surface area (Å²) in [6, 6.07) is 1.80. The molecule has 1 amide bonds. The molecule has 2 unspecified atom stereocenters. The van der Waals surface area contributed by atoms with Crippen LogP contribution in [0.1, 0.15) is 43.5 Å². The van der Waals surface area contributed by atoms with Crippen molar-refractivity contribution in [2.24, 2.45) is 0 Å². The van der Waals surface area contributed by atoms with Crippen LogP contribution in [0.2, 0.25) is 0 Å². The maximum Gasteiger partial charge on any atom is 0.255 e. The Morgan fingerprint density at radius 3 is 2.83 bits per heavy atom. The second-order valence-corrected chi connectivity index (χ2v) is 7.92. The summed E-state index contributed by atoms with van der Waals surface area (Å²) < 4.78 is 5.83. The fourth-order valence-corrected chi connectivity index (χ4v) is 3.98. The molecule has 0 bridgehead atoms. The molecule has 0 aromatic carbocycles. The number of piperidine rings is 1. The highest BCUT2D eigenvalue weighted by Crippen LogP contribution is 2.35. The third-order valence-electron chi connectivity index (χ3n) is 5.71. The molecule has 1 aromatic rings. The number of anilines is 1. The van der Waals surface area contributed by atoms with Crippen LogP contribution in [0.5, 0.6) is 5.75 Å². The molecule has 1 saturated heterocycles. The average molecular weight is 396 g/mol. The first-order chi connectivity index (χ1) is 14.0. The number of carbonyl (C=O) groups excluding carboxylic acids is 1. The first kappa shape index (κ1) is 19.5. The summed E-state index contributed by atoms with van der Waals surface area (Å²) in [5, 5.41) is 13.7. The molecule has 0 spiro atoms. The second-order valence-electron chi connectivity index (χ2n) is 7.92. The van der Waals surface area contributed by atoms with Gasteiger partial charge >= 0.3 is 0 Å². The molecule has 3 aliphatic rings. The van der Waals surface area contributed by atoms with Crippen LogP contribution in [0.15, 0.2) is 47.8 Å². The molecule has 7 heteroatoms. The zero-order valence-electron chi connectivity index (χ0n) is 17.0. The minimum absolute atomic E-state index is 0.0231. The van der Waals surface area contributed by atoms with Gasteiger partial charge in [-0.3, -0.25) is 9.69 Å². The van der Waals surface area contributed by atoms with Crippen LogP contribution >= 0.6 is 0 Å². The summed E-state index contributed by atoms with van der Waals surface area (Å²) in [4.78, 5) is 21.2. The lowest BCUT2D eigenvalue weighted by molar-refractivity contribution is 0.0723. The number of fused-ring (bicyclic) bond motifs is 1. The number of nitrogens with zero attached hydrogens (tertiary/aromatic N) is 3. The number of ether oxygens (including phenoxy) is 1. The Hall–Kier alpha value is -2.80. The van der Waals surface area contributed by atoms with Crippen molar-refractivity contribution in [3.8, 4) is 5.75 Å². The molecule has 2 N–H and O–H groups in total. The third kappa shape index (κ3) is 3.74. The monoisotopic (exact) mass is 396 g/mol. The lowest BCUT2D eigenvalue weighted by Gasteiger charge is -2.31. The van der Waals surface area contributed by atoms with Gasteiger partial charge in [0.15, 0.2) is 18.3 Å². The van der Waals surface area contributed by atoms with Crippen LogP contribution in [0.4, 0.5) is 5.82 Å². The number of dihydropyridines is 1. The first-order valence-corrected chi connectivity index (χ1v) is 10.1. The molecular formula is C22H28N4O3. The zero-order valence-corrected chi connectivity index (χ0v) is 17.0. The van der Waals surface area contributed by atoms with E-state index in [1.54, 1.807) is 12.3 Å². The Morgan fingerprint density at radius 2 is 2.14 bits per heavy atom. The number of pyridine rings is 1. The van der Waals surface area contributed by atoms with E-state index < -0.39 is 6.10 Å². The number of amides is 1. The molecule has 1 fully saturated rings. The molecule has 1 aromatic heterocycles. The Bertz CT molecular complexity index is 886. The summed E-state index contributed by atoms with van der Waals surface area (Å²) in [7, 11) is 0. The van der Waals surface area contributed by atoms with Gasteiger partial charge in [0, 0.05) is 30.6 Å². The van der Waals surface area contributed by atoms with Crippen molar-refractivity contribution in [1.82, 2.24) is 15.2 Å². The number of aromatic nitrogens is 1. The zero-order chi connectivity index (χ0) is 20.5. The van der Waals surface area contributed by atoms with Crippen molar-refractivity contribution in [2.75, 3.05) is 24.7 Å². The van der Waals surface area contributed by atoms with Gasteiger partial charge in [0.1, 0.15) is 12.3 Å². The number of likely N-dealkylation sites (tertiary alicyclic amines) is 1. The Kier molecular flexibility index (Phi) is 5.32. The number of allylic oxidation sites excluding steroid dienone is 1. The molecule has 0 saturated carbocycles. The van der Waals surface area contributed by atoms with Gasteiger partial charge in [-0.05, 0) is 50.8 Å². The van der Waals surface area contributed by atoms with Crippen molar-refractivity contribution in [2.45, 2.75) is 45.4 Å². The predicted molar refractivity (Wildman–Crippen MR) is 112 cm³/mol. The van der Waals surface area contributed by atoms with Gasteiger partial charge in [0.05, 0.1) is 5.56 Å². The average Bonchev–Trinajstić information content (AvgIpc) is 3.16. The van der Waals surface area contributed by atoms with Gasteiger partial charge < -0.3 is 20.1 Å².